The molecule has 5 nitrogen and oxygen atoms in total. The molecule has 1 aromatic rings. The van der Waals surface area contributed by atoms with Crippen molar-refractivity contribution < 1.29 is 19.4 Å². The van der Waals surface area contributed by atoms with Crippen LogP contribution in [-0.2, 0) is 16.1 Å². The predicted molar refractivity (Wildman–Crippen MR) is 97.4 cm³/mol. The Balaban J connectivity index is 1.99. The van der Waals surface area contributed by atoms with Crippen LogP contribution in [0.15, 0.2) is 24.3 Å². The number of aliphatic hydroxyl groups is 1. The van der Waals surface area contributed by atoms with Gasteiger partial charge in [0.2, 0.25) is 5.91 Å². The first-order chi connectivity index (χ1) is 11.9. The Morgan fingerprint density at radius 2 is 2.04 bits per heavy atom. The minimum absolute atomic E-state index is 0.0953. The van der Waals surface area contributed by atoms with Gasteiger partial charge in [0.25, 0.3) is 0 Å². The first kappa shape index (κ1) is 19.7. The number of nitrogens with zero attached hydrogens (tertiary/aromatic N) is 1. The number of carbonyl (C=O) groups is 1. The molecule has 1 aromatic carbocycles. The van der Waals surface area contributed by atoms with Crippen molar-refractivity contribution in [2.24, 2.45) is 11.8 Å². The number of carbonyl (C=O) groups excluding carboxylic acids is 1. The number of para-hydroxylation sites is 1. The fourth-order valence-corrected chi connectivity index (χ4v) is 3.27. The lowest BCUT2D eigenvalue weighted by Gasteiger charge is -2.33. The maximum absolute atomic E-state index is 12.8. The summed E-state index contributed by atoms with van der Waals surface area (Å²) in [5, 5.41) is 9.92. The maximum atomic E-state index is 12.8. The molecule has 1 fully saturated rings. The molecule has 0 spiro atoms. The Labute approximate surface area is 150 Å². The lowest BCUT2D eigenvalue weighted by atomic mass is 9.84. The molecule has 0 bridgehead atoms. The second kappa shape index (κ2) is 9.20. The van der Waals surface area contributed by atoms with Gasteiger partial charge in [-0.25, -0.2) is 0 Å². The van der Waals surface area contributed by atoms with Gasteiger partial charge in [0.15, 0.2) is 0 Å². The van der Waals surface area contributed by atoms with Gasteiger partial charge in [-0.1, -0.05) is 32.0 Å². The van der Waals surface area contributed by atoms with Crippen LogP contribution >= 0.6 is 0 Å². The Bertz CT molecular complexity index is 560. The van der Waals surface area contributed by atoms with Gasteiger partial charge < -0.3 is 19.5 Å². The van der Waals surface area contributed by atoms with Gasteiger partial charge in [0.1, 0.15) is 5.75 Å². The van der Waals surface area contributed by atoms with E-state index in [0.717, 1.165) is 11.3 Å². The van der Waals surface area contributed by atoms with Crippen LogP contribution in [0.4, 0.5) is 0 Å². The van der Waals surface area contributed by atoms with Crippen LogP contribution < -0.4 is 4.74 Å². The molecule has 2 rings (SSSR count). The van der Waals surface area contributed by atoms with Gasteiger partial charge in [-0.15, -0.1) is 0 Å². The van der Waals surface area contributed by atoms with Crippen LogP contribution in [0, 0.1) is 11.8 Å². The molecule has 0 aliphatic heterocycles. The summed E-state index contributed by atoms with van der Waals surface area (Å²) in [4.78, 5) is 14.6. The zero-order valence-corrected chi connectivity index (χ0v) is 15.8. The van der Waals surface area contributed by atoms with Crippen molar-refractivity contribution >= 4 is 5.91 Å². The van der Waals surface area contributed by atoms with E-state index in [2.05, 4.69) is 13.8 Å². The predicted octanol–water partition coefficient (Wildman–Crippen LogP) is 2.86. The molecule has 1 amide bonds. The summed E-state index contributed by atoms with van der Waals surface area (Å²) in [5.74, 6) is 1.30. The minimum Gasteiger partial charge on any atom is -0.493 e. The molecule has 140 valence electrons. The molecule has 0 unspecified atom stereocenters. The topological polar surface area (TPSA) is 59.0 Å². The summed E-state index contributed by atoms with van der Waals surface area (Å²) in [6.07, 6.45) is 1.17. The van der Waals surface area contributed by atoms with Gasteiger partial charge >= 0.3 is 0 Å². The van der Waals surface area contributed by atoms with Crippen molar-refractivity contribution in [1.82, 2.24) is 4.90 Å². The quantitative estimate of drug-likeness (QED) is 0.822. The molecule has 1 aliphatic rings. The highest BCUT2D eigenvalue weighted by Gasteiger charge is 2.34. The Hall–Kier alpha value is -1.59. The van der Waals surface area contributed by atoms with Gasteiger partial charge in [-0.05, 0) is 31.2 Å². The van der Waals surface area contributed by atoms with E-state index in [1.165, 1.54) is 0 Å². The first-order valence-electron chi connectivity index (χ1n) is 9.08. The van der Waals surface area contributed by atoms with Crippen LogP contribution in [0.2, 0.25) is 0 Å². The summed E-state index contributed by atoms with van der Waals surface area (Å²) in [7, 11) is 3.42. The third-order valence-electron chi connectivity index (χ3n) is 4.74. The van der Waals surface area contributed by atoms with Crippen molar-refractivity contribution in [2.45, 2.75) is 51.9 Å². The summed E-state index contributed by atoms with van der Waals surface area (Å²) < 4.78 is 11.2. The minimum atomic E-state index is -0.468. The molecule has 0 heterocycles. The van der Waals surface area contributed by atoms with E-state index in [1.807, 2.05) is 31.3 Å². The van der Waals surface area contributed by atoms with Crippen molar-refractivity contribution in [3.63, 3.8) is 0 Å². The average Bonchev–Trinajstić information content (AvgIpc) is 2.60. The molecular weight excluding hydrogens is 318 g/mol. The van der Waals surface area contributed by atoms with Crippen molar-refractivity contribution in [3.05, 3.63) is 29.8 Å². The van der Waals surface area contributed by atoms with Gasteiger partial charge in [-0.2, -0.15) is 0 Å². The third kappa shape index (κ3) is 5.44. The van der Waals surface area contributed by atoms with Crippen LogP contribution in [0.5, 0.6) is 5.75 Å². The number of hydrogen-bond donors (Lipinski definition) is 1. The van der Waals surface area contributed by atoms with Gasteiger partial charge in [-0.3, -0.25) is 4.79 Å². The number of ether oxygens (including phenoxy) is 2. The van der Waals surface area contributed by atoms with Crippen molar-refractivity contribution in [3.8, 4) is 5.75 Å². The number of amides is 1. The number of rotatable bonds is 7. The highest BCUT2D eigenvalue weighted by molar-refractivity contribution is 5.78. The van der Waals surface area contributed by atoms with Crippen LogP contribution in [0.3, 0.4) is 0 Å². The molecule has 3 atom stereocenters. The number of hydrogen-bond acceptors (Lipinski definition) is 4. The number of methoxy groups -OCH3 is 1. The average molecular weight is 349 g/mol. The Kier molecular flexibility index (Phi) is 7.26. The molecule has 1 aliphatic carbocycles. The van der Waals surface area contributed by atoms with Crippen LogP contribution in [0.1, 0.15) is 38.7 Å². The molecule has 0 aromatic heterocycles. The molecule has 1 N–H and O–H groups in total. The zero-order valence-electron chi connectivity index (χ0n) is 15.8. The number of benzene rings is 1. The molecule has 1 saturated carbocycles. The lowest BCUT2D eigenvalue weighted by molar-refractivity contribution is -0.140. The zero-order chi connectivity index (χ0) is 18.4. The first-order valence-corrected chi connectivity index (χ1v) is 9.08. The lowest BCUT2D eigenvalue weighted by Crippen LogP contribution is -2.42. The second-order valence-corrected chi connectivity index (χ2v) is 7.36. The smallest absolute Gasteiger partial charge is 0.225 e. The van der Waals surface area contributed by atoms with E-state index >= 15 is 0 Å². The Morgan fingerprint density at radius 1 is 1.32 bits per heavy atom. The van der Waals surface area contributed by atoms with Crippen molar-refractivity contribution in [2.75, 3.05) is 20.8 Å². The summed E-state index contributed by atoms with van der Waals surface area (Å²) in [6, 6.07) is 7.87. The Morgan fingerprint density at radius 3 is 2.72 bits per heavy atom. The summed E-state index contributed by atoms with van der Waals surface area (Å²) in [5.41, 5.74) is 1.01. The molecule has 25 heavy (non-hydrogen) atoms. The molecular formula is C20H31NO4. The fraction of sp³-hybridized carbons (Fsp3) is 0.650. The molecule has 5 heteroatoms. The van der Waals surface area contributed by atoms with Gasteiger partial charge in [0, 0.05) is 32.2 Å². The van der Waals surface area contributed by atoms with Crippen LogP contribution in [0.25, 0.3) is 0 Å². The highest BCUT2D eigenvalue weighted by atomic mass is 16.5. The van der Waals surface area contributed by atoms with E-state index < -0.39 is 6.10 Å². The normalized spacial score (nSPS) is 23.5. The second-order valence-electron chi connectivity index (χ2n) is 7.36. The standard InChI is InChI=1S/C20H31NO4/c1-14(2)13-25-18-8-6-5-7-16(18)12-21(3)20(23)15-9-10-17(22)19(11-15)24-4/h5-8,14-15,17,19,22H,9-13H2,1-4H3/t15-,17+,19-/m1/s1. The SMILES string of the molecule is CO[C@@H]1C[C@H](C(=O)N(C)Cc2ccccc2OCC(C)C)CC[C@@H]1O. The largest absolute Gasteiger partial charge is 0.493 e. The van der Waals surface area contributed by atoms with E-state index in [0.29, 0.717) is 38.3 Å². The highest BCUT2D eigenvalue weighted by Crippen LogP contribution is 2.29. The van der Waals surface area contributed by atoms with E-state index in [-0.39, 0.29) is 17.9 Å². The monoisotopic (exact) mass is 349 g/mol. The van der Waals surface area contributed by atoms with Gasteiger partial charge in [0.05, 0.1) is 18.8 Å². The third-order valence-corrected chi connectivity index (χ3v) is 4.74. The van der Waals surface area contributed by atoms with E-state index in [4.69, 9.17) is 9.47 Å². The van der Waals surface area contributed by atoms with E-state index in [9.17, 15) is 9.90 Å². The molecule has 0 radical (unpaired) electrons. The molecule has 0 saturated heterocycles. The van der Waals surface area contributed by atoms with Crippen molar-refractivity contribution in [1.29, 1.82) is 0 Å². The maximum Gasteiger partial charge on any atom is 0.225 e. The number of aliphatic hydroxyl groups excluding tert-OH is 1. The van der Waals surface area contributed by atoms with E-state index in [1.54, 1.807) is 12.0 Å². The summed E-state index contributed by atoms with van der Waals surface area (Å²) >= 11 is 0. The van der Waals surface area contributed by atoms with Crippen LogP contribution in [-0.4, -0.2) is 48.9 Å². The summed E-state index contributed by atoms with van der Waals surface area (Å²) in [6.45, 7) is 5.40. The fourth-order valence-electron chi connectivity index (χ4n) is 3.27.